The van der Waals surface area contributed by atoms with E-state index in [1.807, 2.05) is 20.8 Å². The second kappa shape index (κ2) is 4.85. The molecule has 1 aliphatic rings. The van der Waals surface area contributed by atoms with E-state index in [1.165, 1.54) is 7.11 Å². The highest BCUT2D eigenvalue weighted by Crippen LogP contribution is 2.32. The van der Waals surface area contributed by atoms with E-state index in [2.05, 4.69) is 10.1 Å². The van der Waals surface area contributed by atoms with Crippen molar-refractivity contribution >= 4 is 11.9 Å². The van der Waals surface area contributed by atoms with Gasteiger partial charge >= 0.3 is 6.09 Å². The summed E-state index contributed by atoms with van der Waals surface area (Å²) >= 11 is 0. The lowest BCUT2D eigenvalue weighted by molar-refractivity contribution is -0.130. The molecule has 0 heterocycles. The average Bonchev–Trinajstić information content (AvgIpc) is 2.63. The first kappa shape index (κ1) is 13.0. The molecular formula is C12H21NO3. The van der Waals surface area contributed by atoms with Gasteiger partial charge in [0.25, 0.3) is 0 Å². The van der Waals surface area contributed by atoms with Crippen molar-refractivity contribution < 1.29 is 14.3 Å². The Balaban J connectivity index is 2.47. The van der Waals surface area contributed by atoms with E-state index in [0.717, 1.165) is 19.3 Å². The molecule has 1 fully saturated rings. The van der Waals surface area contributed by atoms with E-state index >= 15 is 0 Å². The predicted octanol–water partition coefficient (Wildman–Crippen LogP) is 2.13. The molecule has 0 unspecified atom stereocenters. The number of methoxy groups -OCH3 is 1. The Hall–Kier alpha value is -1.06. The number of Topliss-reactive ketones (excluding diaryl/α,β-unsaturated/α-hetero) is 1. The number of carbonyl (C=O) groups excluding carboxylic acids is 2. The minimum absolute atomic E-state index is 0.0853. The standard InChI is InChI=1S/C12H21NO3/c1-12(2,3)10(14)8-5-6-9(7-8)13-11(15)16-4/h8-9H,5-7H2,1-4H3,(H,13,15)/t8-,9+/m0/s1. The number of hydrogen-bond acceptors (Lipinski definition) is 3. The Bertz CT molecular complexity index is 280. The van der Waals surface area contributed by atoms with Crippen LogP contribution in [0.15, 0.2) is 0 Å². The molecule has 0 radical (unpaired) electrons. The van der Waals surface area contributed by atoms with E-state index in [0.29, 0.717) is 5.78 Å². The highest BCUT2D eigenvalue weighted by atomic mass is 16.5. The van der Waals surface area contributed by atoms with Crippen molar-refractivity contribution in [2.75, 3.05) is 7.11 Å². The monoisotopic (exact) mass is 227 g/mol. The summed E-state index contributed by atoms with van der Waals surface area (Å²) in [5, 5.41) is 2.75. The molecule has 1 rings (SSSR count). The van der Waals surface area contributed by atoms with Crippen molar-refractivity contribution in [2.24, 2.45) is 11.3 Å². The molecule has 0 aromatic rings. The van der Waals surface area contributed by atoms with Crippen molar-refractivity contribution in [3.05, 3.63) is 0 Å². The summed E-state index contributed by atoms with van der Waals surface area (Å²) in [5.41, 5.74) is -0.287. The van der Waals surface area contributed by atoms with Gasteiger partial charge in [0.1, 0.15) is 5.78 Å². The van der Waals surface area contributed by atoms with Gasteiger partial charge in [-0.3, -0.25) is 4.79 Å². The van der Waals surface area contributed by atoms with Crippen LogP contribution in [-0.4, -0.2) is 25.0 Å². The minimum atomic E-state index is -0.408. The maximum absolute atomic E-state index is 12.0. The molecule has 16 heavy (non-hydrogen) atoms. The summed E-state index contributed by atoms with van der Waals surface area (Å²) in [4.78, 5) is 23.0. The predicted molar refractivity (Wildman–Crippen MR) is 61.1 cm³/mol. The number of rotatable bonds is 2. The Kier molecular flexibility index (Phi) is 3.94. The normalized spacial score (nSPS) is 25.2. The fourth-order valence-corrected chi connectivity index (χ4v) is 2.19. The van der Waals surface area contributed by atoms with Gasteiger partial charge in [0.2, 0.25) is 0 Å². The maximum atomic E-state index is 12.0. The lowest BCUT2D eigenvalue weighted by Crippen LogP contribution is -2.34. The number of amides is 1. The molecule has 2 atom stereocenters. The minimum Gasteiger partial charge on any atom is -0.453 e. The summed E-state index contributed by atoms with van der Waals surface area (Å²) < 4.78 is 4.54. The van der Waals surface area contributed by atoms with E-state index in [1.54, 1.807) is 0 Å². The first-order valence-corrected chi connectivity index (χ1v) is 5.73. The van der Waals surface area contributed by atoms with Crippen molar-refractivity contribution in [2.45, 2.75) is 46.1 Å². The van der Waals surface area contributed by atoms with Crippen molar-refractivity contribution in [1.82, 2.24) is 5.32 Å². The lowest BCUT2D eigenvalue weighted by Gasteiger charge is -2.21. The first-order chi connectivity index (χ1) is 7.34. The Labute approximate surface area is 96.7 Å². The average molecular weight is 227 g/mol. The molecule has 4 heteroatoms. The van der Waals surface area contributed by atoms with Crippen LogP contribution >= 0.6 is 0 Å². The number of ether oxygens (including phenoxy) is 1. The fraction of sp³-hybridized carbons (Fsp3) is 0.833. The molecule has 4 nitrogen and oxygen atoms in total. The third kappa shape index (κ3) is 3.22. The van der Waals surface area contributed by atoms with Gasteiger partial charge in [-0.15, -0.1) is 0 Å². The van der Waals surface area contributed by atoms with Crippen LogP contribution in [0.3, 0.4) is 0 Å². The topological polar surface area (TPSA) is 55.4 Å². The van der Waals surface area contributed by atoms with Gasteiger partial charge in [-0.25, -0.2) is 4.79 Å². The first-order valence-electron chi connectivity index (χ1n) is 5.73. The molecular weight excluding hydrogens is 206 g/mol. The van der Waals surface area contributed by atoms with Crippen molar-refractivity contribution in [3.8, 4) is 0 Å². The van der Waals surface area contributed by atoms with E-state index in [9.17, 15) is 9.59 Å². The van der Waals surface area contributed by atoms with Crippen molar-refractivity contribution in [3.63, 3.8) is 0 Å². The van der Waals surface area contributed by atoms with Gasteiger partial charge in [-0.05, 0) is 19.3 Å². The Morgan fingerprint density at radius 3 is 2.38 bits per heavy atom. The second-order valence-corrected chi connectivity index (χ2v) is 5.46. The van der Waals surface area contributed by atoms with Crippen LogP contribution in [-0.2, 0) is 9.53 Å². The molecule has 0 aromatic carbocycles. The summed E-state index contributed by atoms with van der Waals surface area (Å²) in [6, 6.07) is 0.0868. The number of ketones is 1. The van der Waals surface area contributed by atoms with E-state index in [4.69, 9.17) is 0 Å². The third-order valence-electron chi connectivity index (χ3n) is 3.05. The molecule has 0 bridgehead atoms. The molecule has 0 aliphatic heterocycles. The number of carbonyl (C=O) groups is 2. The van der Waals surface area contributed by atoms with Crippen LogP contribution in [0.2, 0.25) is 0 Å². The quantitative estimate of drug-likeness (QED) is 0.786. The summed E-state index contributed by atoms with van der Waals surface area (Å²) in [6.07, 6.45) is 2.06. The van der Waals surface area contributed by atoms with Gasteiger partial charge in [0, 0.05) is 17.4 Å². The van der Waals surface area contributed by atoms with E-state index in [-0.39, 0.29) is 17.4 Å². The van der Waals surface area contributed by atoms with Crippen LogP contribution in [0.4, 0.5) is 4.79 Å². The van der Waals surface area contributed by atoms with Gasteiger partial charge in [-0.1, -0.05) is 20.8 Å². The molecule has 1 N–H and O–H groups in total. The van der Waals surface area contributed by atoms with Crippen LogP contribution in [0.1, 0.15) is 40.0 Å². The van der Waals surface area contributed by atoms with Crippen LogP contribution < -0.4 is 5.32 Å². The second-order valence-electron chi connectivity index (χ2n) is 5.46. The van der Waals surface area contributed by atoms with Crippen LogP contribution in [0, 0.1) is 11.3 Å². The van der Waals surface area contributed by atoms with Gasteiger partial charge < -0.3 is 10.1 Å². The number of hydrogen-bond donors (Lipinski definition) is 1. The zero-order valence-corrected chi connectivity index (χ0v) is 10.5. The fourth-order valence-electron chi connectivity index (χ4n) is 2.19. The molecule has 0 aromatic heterocycles. The zero-order chi connectivity index (χ0) is 12.3. The maximum Gasteiger partial charge on any atom is 0.407 e. The Morgan fingerprint density at radius 2 is 1.88 bits per heavy atom. The molecule has 0 spiro atoms. The van der Waals surface area contributed by atoms with E-state index < -0.39 is 6.09 Å². The van der Waals surface area contributed by atoms with Gasteiger partial charge in [0.05, 0.1) is 7.11 Å². The smallest absolute Gasteiger partial charge is 0.407 e. The molecule has 0 saturated heterocycles. The summed E-state index contributed by atoms with van der Waals surface area (Å²) in [6.45, 7) is 5.82. The summed E-state index contributed by atoms with van der Waals surface area (Å²) in [5.74, 6) is 0.379. The van der Waals surface area contributed by atoms with Gasteiger partial charge in [-0.2, -0.15) is 0 Å². The van der Waals surface area contributed by atoms with Crippen LogP contribution in [0.25, 0.3) is 0 Å². The molecule has 1 saturated carbocycles. The Morgan fingerprint density at radius 1 is 1.25 bits per heavy atom. The highest BCUT2D eigenvalue weighted by molar-refractivity contribution is 5.86. The molecule has 92 valence electrons. The third-order valence-corrected chi connectivity index (χ3v) is 3.05. The summed E-state index contributed by atoms with van der Waals surface area (Å²) in [7, 11) is 1.35. The lowest BCUT2D eigenvalue weighted by atomic mass is 9.82. The SMILES string of the molecule is COC(=O)N[C@@H]1CC[C@H](C(=O)C(C)(C)C)C1. The van der Waals surface area contributed by atoms with Gasteiger partial charge in [0.15, 0.2) is 0 Å². The zero-order valence-electron chi connectivity index (χ0n) is 10.5. The number of alkyl carbamates (subject to hydrolysis) is 1. The largest absolute Gasteiger partial charge is 0.453 e. The van der Waals surface area contributed by atoms with Crippen molar-refractivity contribution in [1.29, 1.82) is 0 Å². The molecule has 1 amide bonds. The van der Waals surface area contributed by atoms with Crippen LogP contribution in [0.5, 0.6) is 0 Å². The highest BCUT2D eigenvalue weighted by Gasteiger charge is 2.35. The number of nitrogens with one attached hydrogen (secondary N) is 1. The molecule has 1 aliphatic carbocycles.